The summed E-state index contributed by atoms with van der Waals surface area (Å²) in [6, 6.07) is 11.0. The van der Waals surface area contributed by atoms with Gasteiger partial charge in [0.05, 0.1) is 30.3 Å². The van der Waals surface area contributed by atoms with E-state index in [4.69, 9.17) is 19.2 Å². The summed E-state index contributed by atoms with van der Waals surface area (Å²) in [7, 11) is -1.37. The smallest absolute Gasteiger partial charge is 0.266 e. The Morgan fingerprint density at radius 3 is 2.41 bits per heavy atom. The van der Waals surface area contributed by atoms with Gasteiger partial charge in [0.2, 0.25) is 11.8 Å². The number of likely N-dealkylation sites (tertiary alicyclic amines) is 1. The summed E-state index contributed by atoms with van der Waals surface area (Å²) in [5.41, 5.74) is 1.50. The monoisotopic (exact) mass is 887 g/mol. The fourth-order valence-electron chi connectivity index (χ4n) is 8.18. The van der Waals surface area contributed by atoms with Crippen LogP contribution in [0.4, 0.5) is 24.5 Å². The van der Waals surface area contributed by atoms with Crippen LogP contribution in [-0.4, -0.2) is 135 Å². The van der Waals surface area contributed by atoms with Crippen molar-refractivity contribution in [3.63, 3.8) is 0 Å². The average Bonchev–Trinajstić information content (AvgIpc) is 3.22. The standard InChI is InChI=1S/C43H60F3N7O6SSi/c1-61(2,3)23-22-58-29-53-38(27-60-34-11-20-57-21-12-34)48-37-25-33(24-35(44)40(37)42(53)56)59-26-30-10-13-51(28-43(30,45)46)15-14-50-16-18-52(19-17-50)32-6-4-31(5-7-32)47-36-8-9-39(54)49-41(36)55/h4-7,24-25,30,34,36,47H,8-23,26-29H2,1-3H3,(H,49,54,55). The van der Waals surface area contributed by atoms with E-state index in [9.17, 15) is 14.4 Å². The number of nitrogens with zero attached hydrogens (tertiary/aromatic N) is 5. The third kappa shape index (κ3) is 12.3. The summed E-state index contributed by atoms with van der Waals surface area (Å²) in [5, 5.41) is 5.76. The molecule has 3 aromatic rings. The zero-order valence-electron chi connectivity index (χ0n) is 35.6. The number of thioether (sulfide) groups is 1. The molecule has 0 spiro atoms. The van der Waals surface area contributed by atoms with Gasteiger partial charge in [0.25, 0.3) is 11.5 Å². The second-order valence-electron chi connectivity index (χ2n) is 17.9. The van der Waals surface area contributed by atoms with Crippen molar-refractivity contribution in [2.45, 2.75) is 87.5 Å². The highest BCUT2D eigenvalue weighted by molar-refractivity contribution is 7.99. The number of rotatable bonds is 17. The van der Waals surface area contributed by atoms with Crippen molar-refractivity contribution < 1.29 is 37.0 Å². The first-order chi connectivity index (χ1) is 29.2. The van der Waals surface area contributed by atoms with Crippen LogP contribution in [0, 0.1) is 11.7 Å². The van der Waals surface area contributed by atoms with E-state index in [-0.39, 0.29) is 54.8 Å². The van der Waals surface area contributed by atoms with Gasteiger partial charge in [-0.15, -0.1) is 0 Å². The molecular formula is C43H60F3N7O6SSi. The summed E-state index contributed by atoms with van der Waals surface area (Å²) >= 11 is 1.69. The second kappa shape index (κ2) is 20.2. The van der Waals surface area contributed by atoms with Gasteiger partial charge in [-0.3, -0.25) is 34.1 Å². The molecule has 61 heavy (non-hydrogen) atoms. The van der Waals surface area contributed by atoms with Crippen LogP contribution in [0.5, 0.6) is 5.75 Å². The largest absolute Gasteiger partial charge is 0.493 e. The molecule has 18 heteroatoms. The maximum absolute atomic E-state index is 15.7. The van der Waals surface area contributed by atoms with Crippen LogP contribution in [0.1, 0.15) is 37.9 Å². The molecule has 334 valence electrons. The lowest BCUT2D eigenvalue weighted by Crippen LogP contribution is -2.53. The predicted molar refractivity (Wildman–Crippen MR) is 235 cm³/mol. The molecule has 2 aromatic carbocycles. The van der Waals surface area contributed by atoms with Gasteiger partial charge >= 0.3 is 0 Å². The predicted octanol–water partition coefficient (Wildman–Crippen LogP) is 5.64. The lowest BCUT2D eigenvalue weighted by molar-refractivity contribution is -0.133. The Bertz CT molecular complexity index is 2040. The van der Waals surface area contributed by atoms with E-state index in [1.807, 2.05) is 29.2 Å². The molecule has 4 aliphatic heterocycles. The van der Waals surface area contributed by atoms with E-state index < -0.39 is 37.3 Å². The van der Waals surface area contributed by atoms with Gasteiger partial charge < -0.3 is 24.4 Å². The van der Waals surface area contributed by atoms with Crippen LogP contribution in [0.25, 0.3) is 10.9 Å². The lowest BCUT2D eigenvalue weighted by atomic mass is 9.93. The first-order valence-corrected chi connectivity index (χ1v) is 26.4. The van der Waals surface area contributed by atoms with Gasteiger partial charge in [0.15, 0.2) is 0 Å². The fourth-order valence-corrected chi connectivity index (χ4v) is 10.1. The summed E-state index contributed by atoms with van der Waals surface area (Å²) in [6.07, 6.45) is 2.82. The molecule has 4 saturated heterocycles. The number of fused-ring (bicyclic) bond motifs is 1. The summed E-state index contributed by atoms with van der Waals surface area (Å²) in [6.45, 7) is 12.9. The van der Waals surface area contributed by atoms with Gasteiger partial charge in [0.1, 0.15) is 35.6 Å². The Balaban J connectivity index is 0.892. The number of carbonyl (C=O) groups is 2. The number of halogens is 3. The van der Waals surface area contributed by atoms with Gasteiger partial charge in [-0.2, -0.15) is 11.8 Å². The third-order valence-corrected chi connectivity index (χ3v) is 15.2. The van der Waals surface area contributed by atoms with Crippen LogP contribution in [-0.2, 0) is 31.5 Å². The number of ether oxygens (including phenoxy) is 3. The minimum Gasteiger partial charge on any atom is -0.493 e. The molecule has 13 nitrogen and oxygen atoms in total. The van der Waals surface area contributed by atoms with Crippen LogP contribution < -0.4 is 25.8 Å². The van der Waals surface area contributed by atoms with Crippen molar-refractivity contribution in [3.05, 3.63) is 58.4 Å². The summed E-state index contributed by atoms with van der Waals surface area (Å²) in [5.74, 6) is -4.41. The molecule has 1 aromatic heterocycles. The van der Waals surface area contributed by atoms with E-state index in [1.165, 1.54) is 10.6 Å². The second-order valence-corrected chi connectivity index (χ2v) is 24.8. The molecular weight excluding hydrogens is 828 g/mol. The molecule has 0 saturated carbocycles. The molecule has 5 heterocycles. The summed E-state index contributed by atoms with van der Waals surface area (Å²) in [4.78, 5) is 48.5. The highest BCUT2D eigenvalue weighted by atomic mass is 32.2. The van der Waals surface area contributed by atoms with Crippen molar-refractivity contribution in [3.8, 4) is 5.75 Å². The Hall–Kier alpha value is -3.68. The molecule has 2 amide bonds. The fraction of sp³-hybridized carbons (Fsp3) is 0.628. The van der Waals surface area contributed by atoms with E-state index >= 15 is 13.2 Å². The Labute approximate surface area is 361 Å². The number of benzene rings is 2. The van der Waals surface area contributed by atoms with Crippen molar-refractivity contribution >= 4 is 53.9 Å². The van der Waals surface area contributed by atoms with Crippen molar-refractivity contribution in [2.24, 2.45) is 5.92 Å². The minimum atomic E-state index is -3.00. The summed E-state index contributed by atoms with van der Waals surface area (Å²) < 4.78 is 65.6. The van der Waals surface area contributed by atoms with Gasteiger partial charge in [-0.25, -0.2) is 18.2 Å². The quantitative estimate of drug-likeness (QED) is 0.0990. The SMILES string of the molecule is C[Si](C)(C)CCOCn1c(CSC2CCOCC2)nc2cc(OCC3CCN(CCN4CCN(c5ccc(NC6CCC(=O)NC6=O)cc5)CC4)CC3(F)F)cc(F)c2c1=O. The highest BCUT2D eigenvalue weighted by Crippen LogP contribution is 2.34. The first kappa shape index (κ1) is 45.3. The van der Waals surface area contributed by atoms with Crippen LogP contribution in [0.2, 0.25) is 25.7 Å². The van der Waals surface area contributed by atoms with Gasteiger partial charge in [-0.05, 0) is 62.5 Å². The minimum absolute atomic E-state index is 0.0244. The average molecular weight is 888 g/mol. The number of imide groups is 1. The van der Waals surface area contributed by atoms with E-state index in [0.29, 0.717) is 69.1 Å². The molecule has 4 aliphatic rings. The van der Waals surface area contributed by atoms with Crippen molar-refractivity contribution in [1.29, 1.82) is 0 Å². The topological polar surface area (TPSA) is 130 Å². The number of amides is 2. The molecule has 0 aliphatic carbocycles. The maximum atomic E-state index is 15.7. The molecule has 2 unspecified atom stereocenters. The number of hydrogen-bond donors (Lipinski definition) is 2. The van der Waals surface area contributed by atoms with E-state index in [2.05, 4.69) is 40.1 Å². The number of piperazine rings is 1. The van der Waals surface area contributed by atoms with Crippen LogP contribution in [0.15, 0.2) is 41.2 Å². The number of nitrogens with one attached hydrogen (secondary N) is 2. The third-order valence-electron chi connectivity index (χ3n) is 12.1. The zero-order valence-corrected chi connectivity index (χ0v) is 37.4. The number of aromatic nitrogens is 2. The number of piperidine rings is 2. The molecule has 2 atom stereocenters. The molecule has 0 bridgehead atoms. The van der Waals surface area contributed by atoms with Gasteiger partial charge in [0, 0.05) is 102 Å². The molecule has 7 rings (SSSR count). The Morgan fingerprint density at radius 1 is 0.967 bits per heavy atom. The normalized spacial score (nSPS) is 22.1. The molecule has 0 radical (unpaired) electrons. The number of hydrogen-bond acceptors (Lipinski definition) is 12. The van der Waals surface area contributed by atoms with Crippen LogP contribution in [0.3, 0.4) is 0 Å². The lowest BCUT2D eigenvalue weighted by Gasteiger charge is -2.40. The van der Waals surface area contributed by atoms with E-state index in [0.717, 1.165) is 62.5 Å². The first-order valence-electron chi connectivity index (χ1n) is 21.6. The molecule has 2 N–H and O–H groups in total. The zero-order chi connectivity index (χ0) is 43.1. The Kier molecular flexibility index (Phi) is 15.0. The van der Waals surface area contributed by atoms with Crippen molar-refractivity contribution in [1.82, 2.24) is 24.7 Å². The molecule has 4 fully saturated rings. The van der Waals surface area contributed by atoms with Crippen molar-refractivity contribution in [2.75, 3.05) is 89.0 Å². The number of alkyl halides is 2. The maximum Gasteiger partial charge on any atom is 0.266 e. The van der Waals surface area contributed by atoms with E-state index in [1.54, 1.807) is 11.8 Å². The van der Waals surface area contributed by atoms with Gasteiger partial charge in [-0.1, -0.05) is 19.6 Å². The Morgan fingerprint density at radius 2 is 1.70 bits per heavy atom. The number of carbonyl (C=O) groups excluding carboxylic acids is 2. The van der Waals surface area contributed by atoms with Crippen LogP contribution >= 0.6 is 11.8 Å². The highest BCUT2D eigenvalue weighted by Gasteiger charge is 2.45. The number of anilines is 2.